The molecule has 4 heteroatoms. The van der Waals surface area contributed by atoms with E-state index in [-0.39, 0.29) is 0 Å². The molecule has 0 fully saturated rings. The summed E-state index contributed by atoms with van der Waals surface area (Å²) in [6.07, 6.45) is 4.48. The van der Waals surface area contributed by atoms with Crippen LogP contribution in [0.4, 0.5) is 0 Å². The van der Waals surface area contributed by atoms with Crippen molar-refractivity contribution in [2.75, 3.05) is 14.1 Å². The van der Waals surface area contributed by atoms with Crippen LogP contribution in [0.1, 0.15) is 0 Å². The maximum Gasteiger partial charge on any atom is 0.0853 e. The van der Waals surface area contributed by atoms with Crippen molar-refractivity contribution in [3.05, 3.63) is 12.4 Å². The lowest BCUT2D eigenvalue weighted by atomic mass is 10.9. The summed E-state index contributed by atoms with van der Waals surface area (Å²) >= 11 is 0. The zero-order valence-corrected chi connectivity index (χ0v) is 5.70. The fourth-order valence-electron chi connectivity index (χ4n) is 0.275. The third-order valence-electron chi connectivity index (χ3n) is 0.579. The van der Waals surface area contributed by atoms with E-state index in [9.17, 15) is 0 Å². The Hall–Kier alpha value is -1.03. The molecule has 0 radical (unpaired) electrons. The molecule has 0 rings (SSSR count). The van der Waals surface area contributed by atoms with Gasteiger partial charge in [0.25, 0.3) is 0 Å². The number of hydrogen-bond acceptors (Lipinski definition) is 3. The minimum Gasteiger partial charge on any atom is -0.390 e. The van der Waals surface area contributed by atoms with E-state index in [0.717, 1.165) is 0 Å². The highest BCUT2D eigenvalue weighted by Gasteiger charge is 1.74. The van der Waals surface area contributed by atoms with Gasteiger partial charge in [0.05, 0.1) is 6.34 Å². The smallest absolute Gasteiger partial charge is 0.0853 e. The molecule has 0 aliphatic rings. The highest BCUT2D eigenvalue weighted by Crippen LogP contribution is 1.68. The van der Waals surface area contributed by atoms with Crippen molar-refractivity contribution in [3.8, 4) is 0 Å². The molecule has 0 spiro atoms. The van der Waals surface area contributed by atoms with E-state index in [4.69, 9.17) is 5.73 Å². The van der Waals surface area contributed by atoms with Crippen LogP contribution in [-0.2, 0) is 0 Å². The van der Waals surface area contributed by atoms with Gasteiger partial charge in [0.15, 0.2) is 0 Å². The fraction of sp³-hybridized carbons (Fsp3) is 0.400. The number of hydrogen-bond donors (Lipinski definition) is 2. The molecule has 4 nitrogen and oxygen atoms in total. The molecule has 52 valence electrons. The molecular formula is C5H12N4. The minimum atomic E-state index is 1.23. The molecule has 0 saturated carbocycles. The third kappa shape index (κ3) is 6.97. The van der Waals surface area contributed by atoms with Crippen LogP contribution >= 0.6 is 0 Å². The Labute approximate surface area is 55.0 Å². The van der Waals surface area contributed by atoms with Crippen LogP contribution < -0.4 is 11.2 Å². The maximum absolute atomic E-state index is 4.96. The van der Waals surface area contributed by atoms with E-state index < -0.39 is 0 Å². The van der Waals surface area contributed by atoms with Crippen molar-refractivity contribution in [2.24, 2.45) is 10.7 Å². The van der Waals surface area contributed by atoms with Gasteiger partial charge in [-0.15, -0.1) is 0 Å². The fourth-order valence-corrected chi connectivity index (χ4v) is 0.275. The van der Waals surface area contributed by atoms with Gasteiger partial charge >= 0.3 is 0 Å². The summed E-state index contributed by atoms with van der Waals surface area (Å²) in [4.78, 5) is 3.63. The predicted octanol–water partition coefficient (Wildman–Crippen LogP) is -0.489. The highest BCUT2D eigenvalue weighted by atomic mass is 15.5. The van der Waals surface area contributed by atoms with Crippen molar-refractivity contribution in [1.82, 2.24) is 10.4 Å². The van der Waals surface area contributed by atoms with Gasteiger partial charge in [-0.3, -0.25) is 0 Å². The van der Waals surface area contributed by atoms with Gasteiger partial charge in [0.1, 0.15) is 0 Å². The standard InChI is InChI=1S/C5H12N4/c1-9(2)8-4-3-7-5-6/h3-5,8H,1-2H3,(H2,6,7). The molecule has 0 aromatic rings. The zero-order chi connectivity index (χ0) is 7.11. The van der Waals surface area contributed by atoms with Crippen LogP contribution in [0.3, 0.4) is 0 Å². The monoisotopic (exact) mass is 128 g/mol. The first-order valence-electron chi connectivity index (χ1n) is 2.59. The molecule has 3 N–H and O–H groups in total. The topological polar surface area (TPSA) is 53.6 Å². The van der Waals surface area contributed by atoms with Crippen molar-refractivity contribution in [2.45, 2.75) is 0 Å². The van der Waals surface area contributed by atoms with Gasteiger partial charge in [-0.2, -0.15) is 0 Å². The summed E-state index contributed by atoms with van der Waals surface area (Å²) < 4.78 is 0. The van der Waals surface area contributed by atoms with Crippen molar-refractivity contribution in [1.29, 1.82) is 0 Å². The number of nitrogens with one attached hydrogen (secondary N) is 1. The molecule has 0 aliphatic carbocycles. The summed E-state index contributed by atoms with van der Waals surface area (Å²) in [5.74, 6) is 0. The number of hydrazine groups is 1. The Morgan fingerprint density at radius 2 is 2.22 bits per heavy atom. The van der Waals surface area contributed by atoms with Crippen molar-refractivity contribution in [3.63, 3.8) is 0 Å². The molecule has 9 heavy (non-hydrogen) atoms. The molecule has 0 amide bonds. The number of nitrogens with two attached hydrogens (primary N) is 1. The average molecular weight is 128 g/mol. The van der Waals surface area contributed by atoms with Gasteiger partial charge in [0, 0.05) is 26.5 Å². The minimum absolute atomic E-state index is 1.23. The molecule has 0 heterocycles. The van der Waals surface area contributed by atoms with Crippen LogP contribution in [0.5, 0.6) is 0 Å². The van der Waals surface area contributed by atoms with E-state index in [1.807, 2.05) is 14.1 Å². The van der Waals surface area contributed by atoms with Crippen LogP contribution in [0.2, 0.25) is 0 Å². The van der Waals surface area contributed by atoms with E-state index in [2.05, 4.69) is 10.4 Å². The Bertz CT molecular complexity index is 106. The second kappa shape index (κ2) is 5.11. The zero-order valence-electron chi connectivity index (χ0n) is 5.70. The Kier molecular flexibility index (Phi) is 4.53. The molecule has 0 bridgehead atoms. The number of rotatable bonds is 3. The highest BCUT2D eigenvalue weighted by molar-refractivity contribution is 5.52. The lowest BCUT2D eigenvalue weighted by Gasteiger charge is -2.06. The van der Waals surface area contributed by atoms with Gasteiger partial charge in [0.2, 0.25) is 0 Å². The van der Waals surface area contributed by atoms with Gasteiger partial charge in [-0.1, -0.05) is 0 Å². The number of nitrogens with zero attached hydrogens (tertiary/aromatic N) is 2. The molecule has 0 aromatic heterocycles. The number of aliphatic imine (C=N–C) groups is 1. The van der Waals surface area contributed by atoms with E-state index in [1.165, 1.54) is 6.34 Å². The Morgan fingerprint density at radius 3 is 2.67 bits per heavy atom. The summed E-state index contributed by atoms with van der Waals surface area (Å²) in [6, 6.07) is 0. The van der Waals surface area contributed by atoms with E-state index >= 15 is 0 Å². The Morgan fingerprint density at radius 1 is 1.56 bits per heavy atom. The quantitative estimate of drug-likeness (QED) is 0.306. The van der Waals surface area contributed by atoms with Gasteiger partial charge in [-0.25, -0.2) is 10.0 Å². The van der Waals surface area contributed by atoms with Gasteiger partial charge in [-0.05, 0) is 0 Å². The second-order valence-corrected chi connectivity index (χ2v) is 1.64. The largest absolute Gasteiger partial charge is 0.390 e. The molecule has 0 unspecified atom stereocenters. The van der Waals surface area contributed by atoms with E-state index in [1.54, 1.807) is 17.4 Å². The van der Waals surface area contributed by atoms with Crippen molar-refractivity contribution >= 4 is 6.34 Å². The van der Waals surface area contributed by atoms with Gasteiger partial charge < -0.3 is 11.2 Å². The van der Waals surface area contributed by atoms with Crippen LogP contribution in [0.15, 0.2) is 17.4 Å². The normalized spacial score (nSPS) is 11.9. The van der Waals surface area contributed by atoms with E-state index in [0.29, 0.717) is 0 Å². The summed E-state index contributed by atoms with van der Waals surface area (Å²) in [5, 5.41) is 1.79. The van der Waals surface area contributed by atoms with Crippen molar-refractivity contribution < 1.29 is 0 Å². The van der Waals surface area contributed by atoms with Crippen LogP contribution in [0, 0.1) is 0 Å². The summed E-state index contributed by atoms with van der Waals surface area (Å²) in [5.41, 5.74) is 7.82. The van der Waals surface area contributed by atoms with Crippen LogP contribution in [-0.4, -0.2) is 25.4 Å². The molecule has 0 aromatic carbocycles. The molecule has 0 atom stereocenters. The average Bonchev–Trinajstić information content (AvgIpc) is 1.80. The summed E-state index contributed by atoms with van der Waals surface area (Å²) in [6.45, 7) is 0. The first kappa shape index (κ1) is 7.97. The Balaban J connectivity index is 3.25. The molecule has 0 aliphatic heterocycles. The lowest BCUT2D eigenvalue weighted by molar-refractivity contribution is 0.342. The summed E-state index contributed by atoms with van der Waals surface area (Å²) in [7, 11) is 3.77. The second-order valence-electron chi connectivity index (χ2n) is 1.64. The predicted molar refractivity (Wildman–Crippen MR) is 38.6 cm³/mol. The molecular weight excluding hydrogens is 116 g/mol. The van der Waals surface area contributed by atoms with Crippen LogP contribution in [0.25, 0.3) is 0 Å². The first-order chi connectivity index (χ1) is 4.27. The lowest BCUT2D eigenvalue weighted by Crippen LogP contribution is -2.24. The molecule has 0 saturated heterocycles. The third-order valence-corrected chi connectivity index (χ3v) is 0.579. The SMILES string of the molecule is CN(C)NC=CN=CN. The first-order valence-corrected chi connectivity index (χ1v) is 2.59. The maximum atomic E-state index is 4.96.